The van der Waals surface area contributed by atoms with E-state index >= 15 is 0 Å². The largest absolute Gasteiger partial charge is 0.497 e. The third kappa shape index (κ3) is 3.78. The van der Waals surface area contributed by atoms with Gasteiger partial charge in [-0.15, -0.1) is 0 Å². The minimum atomic E-state index is -3.88. The van der Waals surface area contributed by atoms with E-state index < -0.39 is 10.0 Å². The summed E-state index contributed by atoms with van der Waals surface area (Å²) in [6.45, 7) is 0. The van der Waals surface area contributed by atoms with Crippen LogP contribution in [0.5, 0.6) is 11.5 Å². The second-order valence-corrected chi connectivity index (χ2v) is 7.07. The first-order chi connectivity index (χ1) is 12.5. The third-order valence-electron chi connectivity index (χ3n) is 3.77. The van der Waals surface area contributed by atoms with Gasteiger partial charge in [-0.05, 0) is 29.8 Å². The molecule has 0 aliphatic heterocycles. The van der Waals surface area contributed by atoms with E-state index in [2.05, 4.69) is 9.71 Å². The van der Waals surface area contributed by atoms with Gasteiger partial charge in [0.15, 0.2) is 0 Å². The number of ether oxygens (including phenoxy) is 2. The van der Waals surface area contributed by atoms with Gasteiger partial charge >= 0.3 is 0 Å². The van der Waals surface area contributed by atoms with Crippen LogP contribution in [0.15, 0.2) is 71.8 Å². The molecule has 1 N–H and O–H groups in total. The van der Waals surface area contributed by atoms with Crippen LogP contribution in [0.2, 0.25) is 0 Å². The Morgan fingerprint density at radius 2 is 1.65 bits per heavy atom. The number of pyridine rings is 1. The maximum absolute atomic E-state index is 12.7. The lowest BCUT2D eigenvalue weighted by molar-refractivity contribution is 0.392. The zero-order valence-corrected chi connectivity index (χ0v) is 15.2. The number of nitrogens with one attached hydrogen (secondary N) is 1. The highest BCUT2D eigenvalue weighted by Gasteiger charge is 2.21. The molecule has 1 aromatic heterocycles. The Morgan fingerprint density at radius 1 is 0.885 bits per heavy atom. The van der Waals surface area contributed by atoms with Gasteiger partial charge in [-0.2, -0.15) is 0 Å². The van der Waals surface area contributed by atoms with Crippen LogP contribution in [0, 0.1) is 0 Å². The minimum absolute atomic E-state index is 0.0201. The van der Waals surface area contributed by atoms with Crippen molar-refractivity contribution in [1.29, 1.82) is 0 Å². The molecule has 0 atom stereocenters. The molecule has 0 aliphatic rings. The molecule has 134 valence electrons. The Hall–Kier alpha value is -3.06. The van der Waals surface area contributed by atoms with Gasteiger partial charge in [-0.25, -0.2) is 13.4 Å². The minimum Gasteiger partial charge on any atom is -0.497 e. The van der Waals surface area contributed by atoms with Gasteiger partial charge in [0.2, 0.25) is 0 Å². The predicted molar refractivity (Wildman–Crippen MR) is 100 cm³/mol. The maximum Gasteiger partial charge on any atom is 0.266 e. The van der Waals surface area contributed by atoms with Crippen molar-refractivity contribution in [2.45, 2.75) is 4.90 Å². The molecule has 0 aliphatic carbocycles. The first-order valence-electron chi connectivity index (χ1n) is 7.80. The van der Waals surface area contributed by atoms with Gasteiger partial charge < -0.3 is 9.47 Å². The molecule has 2 aromatic carbocycles. The second-order valence-electron chi connectivity index (χ2n) is 5.42. The van der Waals surface area contributed by atoms with Gasteiger partial charge in [0, 0.05) is 17.8 Å². The van der Waals surface area contributed by atoms with Gasteiger partial charge in [-0.1, -0.05) is 30.3 Å². The molecule has 0 saturated heterocycles. The Labute approximate surface area is 152 Å². The van der Waals surface area contributed by atoms with E-state index in [1.165, 1.54) is 20.3 Å². The molecular weight excluding hydrogens is 352 g/mol. The fraction of sp³-hybridized carbons (Fsp3) is 0.105. The van der Waals surface area contributed by atoms with Crippen LogP contribution in [-0.4, -0.2) is 27.6 Å². The Balaban J connectivity index is 1.88. The summed E-state index contributed by atoms with van der Waals surface area (Å²) in [5.41, 5.74) is 1.90. The fourth-order valence-electron chi connectivity index (χ4n) is 2.44. The molecule has 0 unspecified atom stereocenters. The van der Waals surface area contributed by atoms with Crippen molar-refractivity contribution in [1.82, 2.24) is 4.98 Å². The Morgan fingerprint density at radius 3 is 2.27 bits per heavy atom. The molecule has 7 heteroatoms. The van der Waals surface area contributed by atoms with Crippen LogP contribution in [0.25, 0.3) is 11.1 Å². The smallest absolute Gasteiger partial charge is 0.266 e. The first-order valence-corrected chi connectivity index (χ1v) is 9.28. The van der Waals surface area contributed by atoms with Crippen LogP contribution in [0.3, 0.4) is 0 Å². The third-order valence-corrected chi connectivity index (χ3v) is 5.15. The van der Waals surface area contributed by atoms with Crippen molar-refractivity contribution in [2.24, 2.45) is 0 Å². The fourth-order valence-corrected chi connectivity index (χ4v) is 3.64. The molecule has 0 saturated carbocycles. The predicted octanol–water partition coefficient (Wildman–Crippen LogP) is 3.57. The van der Waals surface area contributed by atoms with Gasteiger partial charge in [0.25, 0.3) is 10.0 Å². The highest BCUT2D eigenvalue weighted by Crippen LogP contribution is 2.29. The van der Waals surface area contributed by atoms with E-state index in [0.29, 0.717) is 5.75 Å². The van der Waals surface area contributed by atoms with E-state index in [1.807, 2.05) is 36.4 Å². The van der Waals surface area contributed by atoms with E-state index in [9.17, 15) is 8.42 Å². The van der Waals surface area contributed by atoms with Crippen LogP contribution in [0.1, 0.15) is 0 Å². The average Bonchev–Trinajstić information content (AvgIpc) is 2.68. The lowest BCUT2D eigenvalue weighted by Gasteiger charge is -2.12. The molecule has 0 bridgehead atoms. The summed E-state index contributed by atoms with van der Waals surface area (Å²) in [6, 6.07) is 17.7. The molecule has 0 spiro atoms. The summed E-state index contributed by atoms with van der Waals surface area (Å²) < 4.78 is 38.2. The molecule has 3 rings (SSSR count). The van der Waals surface area contributed by atoms with Crippen LogP contribution < -0.4 is 14.2 Å². The average molecular weight is 370 g/mol. The van der Waals surface area contributed by atoms with Crippen LogP contribution in [-0.2, 0) is 10.0 Å². The number of anilines is 1. The molecular formula is C19H18N2O4S. The van der Waals surface area contributed by atoms with E-state index in [0.717, 1.165) is 11.1 Å². The quantitative estimate of drug-likeness (QED) is 0.718. The highest BCUT2D eigenvalue weighted by molar-refractivity contribution is 7.92. The number of nitrogens with zero attached hydrogens (tertiary/aromatic N) is 1. The van der Waals surface area contributed by atoms with Crippen molar-refractivity contribution in [2.75, 3.05) is 18.9 Å². The second kappa shape index (κ2) is 7.45. The number of aromatic nitrogens is 1. The molecule has 1 heterocycles. The zero-order valence-electron chi connectivity index (χ0n) is 14.3. The van der Waals surface area contributed by atoms with Gasteiger partial charge in [0.1, 0.15) is 22.2 Å². The highest BCUT2D eigenvalue weighted by atomic mass is 32.2. The van der Waals surface area contributed by atoms with Crippen molar-refractivity contribution < 1.29 is 17.9 Å². The van der Waals surface area contributed by atoms with Crippen molar-refractivity contribution in [3.63, 3.8) is 0 Å². The molecule has 0 amide bonds. The zero-order chi connectivity index (χ0) is 18.6. The number of methoxy groups -OCH3 is 2. The summed E-state index contributed by atoms with van der Waals surface area (Å²) in [5.74, 6) is 0.854. The number of sulfonamides is 1. The van der Waals surface area contributed by atoms with Gasteiger partial charge in [0.05, 0.1) is 14.2 Å². The SMILES string of the molecule is COc1ccc(OC)c(S(=O)(=O)Nc2ccc(-c3ccccc3)cn2)c1. The maximum atomic E-state index is 12.7. The number of rotatable bonds is 6. The molecule has 6 nitrogen and oxygen atoms in total. The van der Waals surface area contributed by atoms with Crippen molar-refractivity contribution in [3.05, 3.63) is 66.9 Å². The number of benzene rings is 2. The lowest BCUT2D eigenvalue weighted by Crippen LogP contribution is -2.15. The summed E-state index contributed by atoms with van der Waals surface area (Å²) >= 11 is 0. The monoisotopic (exact) mass is 370 g/mol. The molecule has 0 fully saturated rings. The summed E-state index contributed by atoms with van der Waals surface area (Å²) in [6.07, 6.45) is 1.62. The topological polar surface area (TPSA) is 77.5 Å². The van der Waals surface area contributed by atoms with Crippen molar-refractivity contribution in [3.8, 4) is 22.6 Å². The Bertz CT molecular complexity index is 988. The standard InChI is InChI=1S/C19H18N2O4S/c1-24-16-9-10-17(25-2)18(12-16)26(22,23)21-19-11-8-15(13-20-19)14-6-4-3-5-7-14/h3-13H,1-2H3,(H,20,21). The molecule has 3 aromatic rings. The number of hydrogen-bond donors (Lipinski definition) is 1. The van der Waals surface area contributed by atoms with Crippen LogP contribution in [0.4, 0.5) is 5.82 Å². The Kier molecular flexibility index (Phi) is 5.09. The molecule has 0 radical (unpaired) electrons. The summed E-state index contributed by atoms with van der Waals surface area (Å²) in [7, 11) is -1.01. The van der Waals surface area contributed by atoms with Gasteiger partial charge in [-0.3, -0.25) is 4.72 Å². The van der Waals surface area contributed by atoms with Crippen molar-refractivity contribution >= 4 is 15.8 Å². The number of hydrogen-bond acceptors (Lipinski definition) is 5. The van der Waals surface area contributed by atoms with Crippen LogP contribution >= 0.6 is 0 Å². The lowest BCUT2D eigenvalue weighted by atomic mass is 10.1. The molecule has 26 heavy (non-hydrogen) atoms. The first kappa shape index (κ1) is 17.8. The summed E-state index contributed by atoms with van der Waals surface area (Å²) in [5, 5.41) is 0. The van der Waals surface area contributed by atoms with E-state index in [-0.39, 0.29) is 16.5 Å². The van der Waals surface area contributed by atoms with E-state index in [1.54, 1.807) is 24.4 Å². The normalized spacial score (nSPS) is 11.0. The van der Waals surface area contributed by atoms with E-state index in [4.69, 9.17) is 9.47 Å². The summed E-state index contributed by atoms with van der Waals surface area (Å²) in [4.78, 5) is 4.18.